The lowest BCUT2D eigenvalue weighted by atomic mass is 9.70. The first-order valence-corrected chi connectivity index (χ1v) is 8.80. The van der Waals surface area contributed by atoms with Gasteiger partial charge in [-0.05, 0) is 64.7 Å². The van der Waals surface area contributed by atoms with Crippen LogP contribution in [0.25, 0.3) is 0 Å². The Kier molecular flexibility index (Phi) is 4.03. The second-order valence-corrected chi connectivity index (χ2v) is 8.20. The normalized spacial score (nSPS) is 29.8. The molecule has 2 bridgehead atoms. The van der Waals surface area contributed by atoms with E-state index in [4.69, 9.17) is 4.74 Å². The lowest BCUT2D eigenvalue weighted by molar-refractivity contribution is 0.0953. The number of carbonyl (C=O) groups excluding carboxylic acids is 1. The number of benzene rings is 1. The van der Waals surface area contributed by atoms with Gasteiger partial charge in [0.25, 0.3) is 5.91 Å². The molecule has 124 valence electrons. The van der Waals surface area contributed by atoms with Crippen LogP contribution in [0, 0.1) is 16.7 Å². The Balaban J connectivity index is 1.76. The summed E-state index contributed by atoms with van der Waals surface area (Å²) >= 11 is 3.40. The Labute approximate surface area is 145 Å². The van der Waals surface area contributed by atoms with Gasteiger partial charge in [-0.1, -0.05) is 20.8 Å². The van der Waals surface area contributed by atoms with Crippen molar-refractivity contribution in [1.29, 1.82) is 0 Å². The van der Waals surface area contributed by atoms with Gasteiger partial charge in [0, 0.05) is 16.7 Å². The number of fused-ring (bicyclic) bond motifs is 2. The third-order valence-corrected chi connectivity index (χ3v) is 6.84. The standard InChI is InChI=1S/C18H23BrN2O2/c1-17(2)12-7-8-18(17,3)15(10-12)20-21-16(22)11-5-6-14(23-4)13(19)9-11/h5-6,9,12H,7-8,10H2,1-4H3,(H,21,22)/b20-15-/t12-,18-/m0/s1. The molecule has 2 aliphatic carbocycles. The van der Waals surface area contributed by atoms with Gasteiger partial charge >= 0.3 is 0 Å². The SMILES string of the molecule is COc1ccc(C(=O)N/N=C2/C[C@@H]3CC[C@]2(C)C3(C)C)cc1Br. The first-order valence-electron chi connectivity index (χ1n) is 8.00. The van der Waals surface area contributed by atoms with E-state index in [1.54, 1.807) is 25.3 Å². The molecule has 1 amide bonds. The van der Waals surface area contributed by atoms with Crippen LogP contribution in [-0.4, -0.2) is 18.7 Å². The van der Waals surface area contributed by atoms with E-state index in [0.717, 1.165) is 23.0 Å². The maximum Gasteiger partial charge on any atom is 0.271 e. The molecule has 23 heavy (non-hydrogen) atoms. The molecule has 0 saturated heterocycles. The van der Waals surface area contributed by atoms with Gasteiger partial charge in [0.05, 0.1) is 11.6 Å². The topological polar surface area (TPSA) is 50.7 Å². The van der Waals surface area contributed by atoms with Gasteiger partial charge in [-0.15, -0.1) is 0 Å². The molecular weight excluding hydrogens is 356 g/mol. The van der Waals surface area contributed by atoms with Gasteiger partial charge in [0.15, 0.2) is 0 Å². The fraction of sp³-hybridized carbons (Fsp3) is 0.556. The van der Waals surface area contributed by atoms with E-state index >= 15 is 0 Å². The molecule has 0 heterocycles. The van der Waals surface area contributed by atoms with Crippen LogP contribution < -0.4 is 10.2 Å². The van der Waals surface area contributed by atoms with Crippen LogP contribution in [0.1, 0.15) is 50.4 Å². The Morgan fingerprint density at radius 1 is 1.39 bits per heavy atom. The molecule has 5 heteroatoms. The largest absolute Gasteiger partial charge is 0.496 e. The fourth-order valence-electron chi connectivity index (χ4n) is 4.09. The number of halogens is 1. The lowest BCUT2D eigenvalue weighted by Gasteiger charge is -2.34. The molecule has 4 nitrogen and oxygen atoms in total. The summed E-state index contributed by atoms with van der Waals surface area (Å²) < 4.78 is 5.94. The summed E-state index contributed by atoms with van der Waals surface area (Å²) in [5.41, 5.74) is 4.81. The van der Waals surface area contributed by atoms with Crippen molar-refractivity contribution in [3.63, 3.8) is 0 Å². The van der Waals surface area contributed by atoms with Gasteiger partial charge in [-0.2, -0.15) is 5.10 Å². The number of ether oxygens (including phenoxy) is 1. The first-order chi connectivity index (χ1) is 10.8. The molecule has 0 spiro atoms. The fourth-order valence-corrected chi connectivity index (χ4v) is 4.63. The summed E-state index contributed by atoms with van der Waals surface area (Å²) in [4.78, 5) is 12.3. The maximum atomic E-state index is 12.3. The third kappa shape index (κ3) is 2.49. The highest BCUT2D eigenvalue weighted by Gasteiger charge is 2.59. The Morgan fingerprint density at radius 3 is 2.65 bits per heavy atom. The quantitative estimate of drug-likeness (QED) is 0.792. The van der Waals surface area contributed by atoms with E-state index in [9.17, 15) is 4.79 Å². The second kappa shape index (κ2) is 5.62. The van der Waals surface area contributed by atoms with Gasteiger partial charge in [-0.25, -0.2) is 5.43 Å². The highest BCUT2D eigenvalue weighted by atomic mass is 79.9. The molecule has 3 rings (SSSR count). The predicted molar refractivity (Wildman–Crippen MR) is 94.8 cm³/mol. The van der Waals surface area contributed by atoms with Crippen LogP contribution in [-0.2, 0) is 0 Å². The third-order valence-electron chi connectivity index (χ3n) is 6.22. The van der Waals surface area contributed by atoms with Crippen LogP contribution in [0.3, 0.4) is 0 Å². The molecule has 1 aromatic carbocycles. The average Bonchev–Trinajstić information content (AvgIpc) is 2.85. The van der Waals surface area contributed by atoms with Crippen molar-refractivity contribution in [3.8, 4) is 5.75 Å². The zero-order valence-corrected chi connectivity index (χ0v) is 15.7. The molecular formula is C18H23BrN2O2. The molecule has 2 aliphatic rings. The predicted octanol–water partition coefficient (Wildman–Crippen LogP) is 4.39. The van der Waals surface area contributed by atoms with E-state index in [0.29, 0.717) is 17.2 Å². The Bertz CT molecular complexity index is 684. The highest BCUT2D eigenvalue weighted by molar-refractivity contribution is 9.10. The summed E-state index contributed by atoms with van der Waals surface area (Å²) in [6, 6.07) is 5.26. The number of nitrogens with one attached hydrogen (secondary N) is 1. The summed E-state index contributed by atoms with van der Waals surface area (Å²) in [6.45, 7) is 6.94. The molecule has 0 unspecified atom stereocenters. The van der Waals surface area contributed by atoms with Crippen LogP contribution >= 0.6 is 15.9 Å². The van der Waals surface area contributed by atoms with Gasteiger partial charge in [0.2, 0.25) is 0 Å². The minimum atomic E-state index is -0.190. The zero-order valence-electron chi connectivity index (χ0n) is 14.1. The van der Waals surface area contributed by atoms with Crippen molar-refractivity contribution in [1.82, 2.24) is 5.43 Å². The Morgan fingerprint density at radius 2 is 2.13 bits per heavy atom. The maximum absolute atomic E-state index is 12.3. The molecule has 2 saturated carbocycles. The van der Waals surface area contributed by atoms with Crippen LogP contribution in [0.15, 0.2) is 27.8 Å². The number of carbonyl (C=O) groups is 1. The van der Waals surface area contributed by atoms with Crippen LogP contribution in [0.5, 0.6) is 5.75 Å². The van der Waals surface area contributed by atoms with Crippen molar-refractivity contribution in [2.24, 2.45) is 21.8 Å². The van der Waals surface area contributed by atoms with Crippen molar-refractivity contribution in [2.45, 2.75) is 40.0 Å². The van der Waals surface area contributed by atoms with E-state index in [2.05, 4.69) is 47.2 Å². The zero-order chi connectivity index (χ0) is 16.8. The van der Waals surface area contributed by atoms with E-state index in [-0.39, 0.29) is 16.7 Å². The summed E-state index contributed by atoms with van der Waals surface area (Å²) in [5, 5.41) is 4.49. The summed E-state index contributed by atoms with van der Waals surface area (Å²) in [7, 11) is 1.60. The van der Waals surface area contributed by atoms with Crippen molar-refractivity contribution < 1.29 is 9.53 Å². The second-order valence-electron chi connectivity index (χ2n) is 7.34. The minimum absolute atomic E-state index is 0.103. The van der Waals surface area contributed by atoms with E-state index in [1.807, 2.05) is 0 Å². The number of nitrogens with zero attached hydrogens (tertiary/aromatic N) is 1. The first kappa shape index (κ1) is 16.5. The van der Waals surface area contributed by atoms with Crippen LogP contribution in [0.2, 0.25) is 0 Å². The summed E-state index contributed by atoms with van der Waals surface area (Å²) in [5.74, 6) is 1.19. The molecule has 1 aromatic rings. The van der Waals surface area contributed by atoms with Crippen molar-refractivity contribution in [3.05, 3.63) is 28.2 Å². The van der Waals surface area contributed by atoms with Gasteiger partial charge < -0.3 is 4.74 Å². The lowest BCUT2D eigenvalue weighted by Crippen LogP contribution is -2.34. The minimum Gasteiger partial charge on any atom is -0.496 e. The summed E-state index contributed by atoms with van der Waals surface area (Å²) in [6.07, 6.45) is 3.42. The van der Waals surface area contributed by atoms with Crippen LogP contribution in [0.4, 0.5) is 0 Å². The molecule has 1 N–H and O–H groups in total. The number of amides is 1. The molecule has 2 fully saturated rings. The molecule has 0 aliphatic heterocycles. The highest BCUT2D eigenvalue weighted by Crippen LogP contribution is 2.63. The molecule has 0 aromatic heterocycles. The van der Waals surface area contributed by atoms with E-state index < -0.39 is 0 Å². The number of hydrazone groups is 1. The molecule has 0 radical (unpaired) electrons. The van der Waals surface area contributed by atoms with Crippen molar-refractivity contribution >= 4 is 27.5 Å². The monoisotopic (exact) mass is 378 g/mol. The number of methoxy groups -OCH3 is 1. The van der Waals surface area contributed by atoms with Gasteiger partial charge in [0.1, 0.15) is 5.75 Å². The number of hydrogen-bond acceptors (Lipinski definition) is 3. The smallest absolute Gasteiger partial charge is 0.271 e. The molecule has 2 atom stereocenters. The van der Waals surface area contributed by atoms with Gasteiger partial charge in [-0.3, -0.25) is 4.79 Å². The average molecular weight is 379 g/mol. The Hall–Kier alpha value is -1.36. The van der Waals surface area contributed by atoms with Crippen molar-refractivity contribution in [2.75, 3.05) is 7.11 Å². The van der Waals surface area contributed by atoms with E-state index in [1.165, 1.54) is 6.42 Å². The number of hydrogen-bond donors (Lipinski definition) is 1. The number of rotatable bonds is 3.